The summed E-state index contributed by atoms with van der Waals surface area (Å²) in [7, 11) is 0. The Morgan fingerprint density at radius 3 is 2.46 bits per heavy atom. The zero-order chi connectivity index (χ0) is 16.5. The summed E-state index contributed by atoms with van der Waals surface area (Å²) in [5.41, 5.74) is 2.66. The molecule has 0 radical (unpaired) electrons. The minimum atomic E-state index is 0.0577. The van der Waals surface area contributed by atoms with Crippen LogP contribution >= 0.6 is 0 Å². The molecule has 1 saturated heterocycles. The van der Waals surface area contributed by atoms with Gasteiger partial charge in [-0.1, -0.05) is 24.3 Å². The van der Waals surface area contributed by atoms with Crippen molar-refractivity contribution in [3.05, 3.63) is 35.4 Å². The van der Waals surface area contributed by atoms with Gasteiger partial charge in [0.15, 0.2) is 0 Å². The molecule has 0 spiro atoms. The minimum absolute atomic E-state index is 0.0577. The lowest BCUT2D eigenvalue weighted by molar-refractivity contribution is -0.136. The number of fused-ring (bicyclic) bond motifs is 1. The second kappa shape index (κ2) is 6.58. The Morgan fingerprint density at radius 2 is 1.71 bits per heavy atom. The number of carbonyl (C=O) groups excluding carboxylic acids is 2. The summed E-state index contributed by atoms with van der Waals surface area (Å²) in [6, 6.07) is 8.63. The standard InChI is InChI=1S/C20H26N2O2/c23-19(15-10-12-22(13-11-15)20(24)16-8-9-16)21-18-7-3-5-14-4-1-2-6-17(14)18/h1-2,4,6,15-16,18H,3,5,7-13H2,(H,21,23). The summed E-state index contributed by atoms with van der Waals surface area (Å²) in [5.74, 6) is 0.835. The van der Waals surface area contributed by atoms with Gasteiger partial charge in [-0.2, -0.15) is 0 Å². The number of rotatable bonds is 3. The van der Waals surface area contributed by atoms with Gasteiger partial charge in [0.05, 0.1) is 6.04 Å². The normalized spacial score (nSPS) is 24.3. The number of piperidine rings is 1. The van der Waals surface area contributed by atoms with Gasteiger partial charge in [0.25, 0.3) is 0 Å². The first-order valence-electron chi connectivity index (χ1n) is 9.39. The van der Waals surface area contributed by atoms with Crippen LogP contribution in [0.5, 0.6) is 0 Å². The summed E-state index contributed by atoms with van der Waals surface area (Å²) < 4.78 is 0. The lowest BCUT2D eigenvalue weighted by Crippen LogP contribution is -2.44. The average Bonchev–Trinajstić information content (AvgIpc) is 3.47. The number of nitrogens with zero attached hydrogens (tertiary/aromatic N) is 1. The maximum absolute atomic E-state index is 12.7. The molecular weight excluding hydrogens is 300 g/mol. The highest BCUT2D eigenvalue weighted by Crippen LogP contribution is 2.33. The molecule has 0 aromatic heterocycles. The fourth-order valence-corrected chi connectivity index (χ4v) is 4.14. The second-order valence-electron chi connectivity index (χ2n) is 7.53. The summed E-state index contributed by atoms with van der Waals surface area (Å²) in [6.45, 7) is 1.49. The number of nitrogens with one attached hydrogen (secondary N) is 1. The van der Waals surface area contributed by atoms with Crippen molar-refractivity contribution in [2.24, 2.45) is 11.8 Å². The average molecular weight is 326 g/mol. The van der Waals surface area contributed by atoms with Crippen LogP contribution < -0.4 is 5.32 Å². The molecule has 1 heterocycles. The van der Waals surface area contributed by atoms with Crippen LogP contribution in [0.3, 0.4) is 0 Å². The SMILES string of the molecule is O=C(NC1CCCc2ccccc21)C1CCN(C(=O)C2CC2)CC1. The molecule has 4 heteroatoms. The molecule has 1 aliphatic heterocycles. The van der Waals surface area contributed by atoms with E-state index in [9.17, 15) is 9.59 Å². The van der Waals surface area contributed by atoms with E-state index >= 15 is 0 Å². The molecule has 1 aromatic rings. The third-order valence-electron chi connectivity index (χ3n) is 5.79. The van der Waals surface area contributed by atoms with E-state index in [1.807, 2.05) is 4.90 Å². The van der Waals surface area contributed by atoms with E-state index in [0.29, 0.717) is 5.91 Å². The fourth-order valence-electron chi connectivity index (χ4n) is 4.14. The number of amides is 2. The molecule has 128 valence electrons. The van der Waals surface area contributed by atoms with Crippen molar-refractivity contribution in [2.75, 3.05) is 13.1 Å². The molecule has 1 atom stereocenters. The Balaban J connectivity index is 1.33. The van der Waals surface area contributed by atoms with Crippen molar-refractivity contribution in [2.45, 2.75) is 51.0 Å². The first-order valence-corrected chi connectivity index (χ1v) is 9.39. The van der Waals surface area contributed by atoms with Gasteiger partial charge in [-0.25, -0.2) is 0 Å². The predicted octanol–water partition coefficient (Wildman–Crippen LogP) is 2.83. The van der Waals surface area contributed by atoms with Gasteiger partial charge in [-0.3, -0.25) is 9.59 Å². The third-order valence-corrected chi connectivity index (χ3v) is 5.79. The Hall–Kier alpha value is -1.84. The molecule has 2 fully saturated rings. The van der Waals surface area contributed by atoms with Crippen molar-refractivity contribution in [1.29, 1.82) is 0 Å². The number of likely N-dealkylation sites (tertiary alicyclic amines) is 1. The fraction of sp³-hybridized carbons (Fsp3) is 0.600. The molecule has 1 N–H and O–H groups in total. The third kappa shape index (κ3) is 3.19. The molecule has 24 heavy (non-hydrogen) atoms. The van der Waals surface area contributed by atoms with Gasteiger partial charge >= 0.3 is 0 Å². The monoisotopic (exact) mass is 326 g/mol. The molecule has 3 aliphatic rings. The first kappa shape index (κ1) is 15.7. The highest BCUT2D eigenvalue weighted by molar-refractivity contribution is 5.82. The Morgan fingerprint density at radius 1 is 0.958 bits per heavy atom. The van der Waals surface area contributed by atoms with E-state index < -0.39 is 0 Å². The number of aryl methyl sites for hydroxylation is 1. The molecular formula is C20H26N2O2. The lowest BCUT2D eigenvalue weighted by atomic mass is 9.87. The van der Waals surface area contributed by atoms with Gasteiger partial charge in [0.1, 0.15) is 0 Å². The number of carbonyl (C=O) groups is 2. The number of hydrogen-bond acceptors (Lipinski definition) is 2. The second-order valence-corrected chi connectivity index (χ2v) is 7.53. The van der Waals surface area contributed by atoms with Crippen molar-refractivity contribution < 1.29 is 9.59 Å². The largest absolute Gasteiger partial charge is 0.349 e. The summed E-state index contributed by atoms with van der Waals surface area (Å²) in [6.07, 6.45) is 7.00. The Bertz CT molecular complexity index is 630. The number of benzene rings is 1. The molecule has 0 bridgehead atoms. The van der Waals surface area contributed by atoms with Crippen LogP contribution in [0.15, 0.2) is 24.3 Å². The molecule has 1 unspecified atom stereocenters. The molecule has 4 nitrogen and oxygen atoms in total. The zero-order valence-corrected chi connectivity index (χ0v) is 14.2. The molecule has 1 aromatic carbocycles. The van der Waals surface area contributed by atoms with Gasteiger partial charge in [0.2, 0.25) is 11.8 Å². The molecule has 2 aliphatic carbocycles. The summed E-state index contributed by atoms with van der Waals surface area (Å²) in [4.78, 5) is 26.8. The van der Waals surface area contributed by atoms with Gasteiger partial charge in [-0.05, 0) is 56.1 Å². The van der Waals surface area contributed by atoms with Gasteiger partial charge < -0.3 is 10.2 Å². The van der Waals surface area contributed by atoms with Crippen LogP contribution in [-0.2, 0) is 16.0 Å². The van der Waals surface area contributed by atoms with Crippen molar-refractivity contribution in [3.8, 4) is 0 Å². The summed E-state index contributed by atoms with van der Waals surface area (Å²) >= 11 is 0. The quantitative estimate of drug-likeness (QED) is 0.928. The predicted molar refractivity (Wildman–Crippen MR) is 92.3 cm³/mol. The maximum Gasteiger partial charge on any atom is 0.225 e. The van der Waals surface area contributed by atoms with Gasteiger partial charge in [-0.15, -0.1) is 0 Å². The molecule has 4 rings (SSSR count). The first-order chi connectivity index (χ1) is 11.7. The maximum atomic E-state index is 12.7. The lowest BCUT2D eigenvalue weighted by Gasteiger charge is -2.33. The van der Waals surface area contributed by atoms with Crippen LogP contribution in [0.4, 0.5) is 0 Å². The smallest absolute Gasteiger partial charge is 0.225 e. The van der Waals surface area contributed by atoms with Crippen LogP contribution in [0, 0.1) is 11.8 Å². The van der Waals surface area contributed by atoms with Crippen molar-refractivity contribution >= 4 is 11.8 Å². The van der Waals surface area contributed by atoms with E-state index in [2.05, 4.69) is 29.6 Å². The van der Waals surface area contributed by atoms with E-state index in [1.54, 1.807) is 0 Å². The highest BCUT2D eigenvalue weighted by atomic mass is 16.2. The minimum Gasteiger partial charge on any atom is -0.349 e. The topological polar surface area (TPSA) is 49.4 Å². The van der Waals surface area contributed by atoms with Crippen molar-refractivity contribution in [3.63, 3.8) is 0 Å². The Kier molecular flexibility index (Phi) is 4.30. The van der Waals surface area contributed by atoms with Crippen LogP contribution in [0.25, 0.3) is 0 Å². The number of hydrogen-bond donors (Lipinski definition) is 1. The van der Waals surface area contributed by atoms with Crippen molar-refractivity contribution in [1.82, 2.24) is 10.2 Å². The van der Waals surface area contributed by atoms with Crippen LogP contribution in [0.2, 0.25) is 0 Å². The Labute approximate surface area is 143 Å². The van der Waals surface area contributed by atoms with Gasteiger partial charge in [0, 0.05) is 24.9 Å². The zero-order valence-electron chi connectivity index (χ0n) is 14.2. The highest BCUT2D eigenvalue weighted by Gasteiger charge is 2.36. The van der Waals surface area contributed by atoms with E-state index in [-0.39, 0.29) is 23.8 Å². The molecule has 2 amide bonds. The molecule has 1 saturated carbocycles. The van der Waals surface area contributed by atoms with E-state index in [0.717, 1.165) is 58.0 Å². The summed E-state index contributed by atoms with van der Waals surface area (Å²) in [5, 5.41) is 3.28. The van der Waals surface area contributed by atoms with Crippen LogP contribution in [0.1, 0.15) is 55.7 Å². The van der Waals surface area contributed by atoms with E-state index in [4.69, 9.17) is 0 Å². The van der Waals surface area contributed by atoms with Crippen LogP contribution in [-0.4, -0.2) is 29.8 Å². The van der Waals surface area contributed by atoms with E-state index in [1.165, 1.54) is 11.1 Å².